The fourth-order valence-electron chi connectivity index (χ4n) is 0. The van der Waals surface area contributed by atoms with E-state index in [1.54, 1.807) is 0 Å². The molecule has 0 bridgehead atoms. The Morgan fingerprint density at radius 2 is 1.88 bits per heavy atom. The van der Waals surface area contributed by atoms with Gasteiger partial charge in [0.2, 0.25) is 0 Å². The molecule has 0 amide bonds. The van der Waals surface area contributed by atoms with Crippen molar-refractivity contribution < 1.29 is 27.0 Å². The maximum Gasteiger partial charge on any atom is 1.00 e. The fraction of sp³-hybridized carbons (Fsp3) is 0.750. The molecule has 4 heteroatoms. The summed E-state index contributed by atoms with van der Waals surface area (Å²) in [5, 5.41) is 7.75. The molecule has 0 aromatic carbocycles. The first-order valence-corrected chi connectivity index (χ1v) is 1.93. The SMILES string of the molecule is C[C-]=O.NCCO.[Cu+]. The Morgan fingerprint density at radius 1 is 1.75 bits per heavy atom. The van der Waals surface area contributed by atoms with Crippen LogP contribution in [-0.4, -0.2) is 24.5 Å². The van der Waals surface area contributed by atoms with E-state index in [4.69, 9.17) is 15.6 Å². The maximum atomic E-state index is 8.68. The topological polar surface area (TPSA) is 63.3 Å². The van der Waals surface area contributed by atoms with E-state index >= 15 is 0 Å². The number of carbonyl (C=O) groups excluding carboxylic acids is 1. The number of nitrogens with two attached hydrogens (primary N) is 1. The van der Waals surface area contributed by atoms with Crippen molar-refractivity contribution in [1.82, 2.24) is 0 Å². The van der Waals surface area contributed by atoms with Gasteiger partial charge >= 0.3 is 17.1 Å². The minimum atomic E-state index is 0. The molecule has 54 valence electrons. The van der Waals surface area contributed by atoms with Gasteiger partial charge in [-0.05, 0) is 0 Å². The van der Waals surface area contributed by atoms with E-state index in [2.05, 4.69) is 0 Å². The number of aliphatic hydroxyl groups is 1. The quantitative estimate of drug-likeness (QED) is 0.391. The van der Waals surface area contributed by atoms with Crippen molar-refractivity contribution in [3.05, 3.63) is 0 Å². The van der Waals surface area contributed by atoms with Crippen molar-refractivity contribution in [3.8, 4) is 0 Å². The number of hydrogen-bond acceptors (Lipinski definition) is 3. The average Bonchev–Trinajstić information content (AvgIpc) is 1.69. The predicted octanol–water partition coefficient (Wildman–Crippen LogP) is -0.949. The standard InChI is InChI=1S/C2H7NO.C2H3O.Cu/c3-1-2-4;1-2-3;/h4H,1-3H2;1H3;/q;-1;+1. The molecule has 0 rings (SSSR count). The van der Waals surface area contributed by atoms with Crippen LogP contribution in [0.3, 0.4) is 0 Å². The molecule has 0 aliphatic carbocycles. The van der Waals surface area contributed by atoms with Crippen molar-refractivity contribution in [2.45, 2.75) is 6.92 Å². The van der Waals surface area contributed by atoms with Crippen molar-refractivity contribution in [2.24, 2.45) is 5.73 Å². The Morgan fingerprint density at radius 3 is 1.88 bits per heavy atom. The van der Waals surface area contributed by atoms with Gasteiger partial charge in [0, 0.05) is 6.54 Å². The summed E-state index contributed by atoms with van der Waals surface area (Å²) in [5.74, 6) is 0. The Kier molecular flexibility index (Phi) is 53.9. The summed E-state index contributed by atoms with van der Waals surface area (Å²) in [6, 6.07) is 0. The molecule has 0 heterocycles. The van der Waals surface area contributed by atoms with E-state index in [1.807, 2.05) is 0 Å². The first-order chi connectivity index (χ1) is 3.33. The Bertz CT molecular complexity index is 33.2. The zero-order valence-electron chi connectivity index (χ0n) is 4.65. The van der Waals surface area contributed by atoms with Crippen LogP contribution in [0.2, 0.25) is 0 Å². The van der Waals surface area contributed by atoms with Gasteiger partial charge in [0.15, 0.2) is 0 Å². The molecule has 0 aliphatic heterocycles. The van der Waals surface area contributed by atoms with Crippen molar-refractivity contribution in [2.75, 3.05) is 13.2 Å². The van der Waals surface area contributed by atoms with Crippen LogP contribution in [0.25, 0.3) is 0 Å². The van der Waals surface area contributed by atoms with Crippen LogP contribution >= 0.6 is 0 Å². The number of hydrogen-bond donors (Lipinski definition) is 2. The smallest absolute Gasteiger partial charge is 0.542 e. The third-order valence-corrected chi connectivity index (χ3v) is 0.129. The third kappa shape index (κ3) is 130. The molecule has 3 N–H and O–H groups in total. The van der Waals surface area contributed by atoms with E-state index in [-0.39, 0.29) is 23.7 Å². The Labute approximate surface area is 59.7 Å². The summed E-state index contributed by atoms with van der Waals surface area (Å²) in [5.41, 5.74) is 4.78. The summed E-state index contributed by atoms with van der Waals surface area (Å²) in [4.78, 5) is 8.68. The second kappa shape index (κ2) is 27.4. The molecule has 0 radical (unpaired) electrons. The van der Waals surface area contributed by atoms with Gasteiger partial charge in [0.25, 0.3) is 0 Å². The predicted molar refractivity (Wildman–Crippen MR) is 27.5 cm³/mol. The van der Waals surface area contributed by atoms with Crippen LogP contribution in [0.5, 0.6) is 0 Å². The van der Waals surface area contributed by atoms with Crippen LogP contribution in [0.1, 0.15) is 6.92 Å². The molecular weight excluding hydrogens is 158 g/mol. The van der Waals surface area contributed by atoms with E-state index < -0.39 is 0 Å². The van der Waals surface area contributed by atoms with Gasteiger partial charge < -0.3 is 15.6 Å². The van der Waals surface area contributed by atoms with Gasteiger partial charge in [-0.15, -0.1) is 0 Å². The molecule has 0 saturated heterocycles. The molecular formula is C4H10CuNO2. The van der Waals surface area contributed by atoms with Gasteiger partial charge in [0.1, 0.15) is 0 Å². The summed E-state index contributed by atoms with van der Waals surface area (Å²) >= 11 is 0. The summed E-state index contributed by atoms with van der Waals surface area (Å²) < 4.78 is 0. The average molecular weight is 168 g/mol. The van der Waals surface area contributed by atoms with Gasteiger partial charge in [0.05, 0.1) is 6.61 Å². The summed E-state index contributed by atoms with van der Waals surface area (Å²) in [7, 11) is 0. The zero-order chi connectivity index (χ0) is 6.12. The van der Waals surface area contributed by atoms with Crippen molar-refractivity contribution >= 4 is 6.29 Å². The van der Waals surface area contributed by atoms with Crippen LogP contribution in [0.15, 0.2) is 0 Å². The van der Waals surface area contributed by atoms with Gasteiger partial charge in [-0.1, -0.05) is 0 Å². The Hall–Kier alpha value is 0.109. The third-order valence-electron chi connectivity index (χ3n) is 0.129. The molecule has 0 atom stereocenters. The molecule has 0 saturated carbocycles. The molecule has 0 fully saturated rings. The fourth-order valence-corrected chi connectivity index (χ4v) is 0. The minimum Gasteiger partial charge on any atom is -0.542 e. The van der Waals surface area contributed by atoms with Gasteiger partial charge in [-0.2, -0.15) is 6.92 Å². The number of rotatable bonds is 1. The molecule has 0 aromatic heterocycles. The molecule has 0 unspecified atom stereocenters. The maximum absolute atomic E-state index is 8.68. The van der Waals surface area contributed by atoms with Crippen LogP contribution in [0, 0.1) is 0 Å². The molecule has 3 nitrogen and oxygen atoms in total. The molecule has 0 aliphatic rings. The first kappa shape index (κ1) is 15.7. The second-order valence-electron chi connectivity index (χ2n) is 0.716. The molecule has 0 spiro atoms. The van der Waals surface area contributed by atoms with Gasteiger partial charge in [-0.25, -0.2) is 0 Å². The second-order valence-corrected chi connectivity index (χ2v) is 0.716. The van der Waals surface area contributed by atoms with Crippen molar-refractivity contribution in [3.63, 3.8) is 0 Å². The van der Waals surface area contributed by atoms with E-state index in [0.29, 0.717) is 6.54 Å². The summed E-state index contributed by atoms with van der Waals surface area (Å²) in [6.07, 6.45) is 1.50. The van der Waals surface area contributed by atoms with E-state index in [9.17, 15) is 0 Å². The Balaban J connectivity index is -0.0000000575. The summed E-state index contributed by atoms with van der Waals surface area (Å²) in [6.45, 7) is 1.79. The largest absolute Gasteiger partial charge is 1.00 e. The normalized spacial score (nSPS) is 5.38. The van der Waals surface area contributed by atoms with E-state index in [0.717, 1.165) is 0 Å². The van der Waals surface area contributed by atoms with Crippen LogP contribution < -0.4 is 5.73 Å². The molecule has 0 aromatic rings. The minimum absolute atomic E-state index is 0. The van der Waals surface area contributed by atoms with Gasteiger partial charge in [-0.3, -0.25) is 6.29 Å². The number of aliphatic hydroxyl groups excluding tert-OH is 1. The van der Waals surface area contributed by atoms with Crippen LogP contribution in [-0.2, 0) is 21.9 Å². The molecule has 8 heavy (non-hydrogen) atoms. The van der Waals surface area contributed by atoms with Crippen LogP contribution in [0.4, 0.5) is 0 Å². The first-order valence-electron chi connectivity index (χ1n) is 1.93. The van der Waals surface area contributed by atoms with Crippen molar-refractivity contribution in [1.29, 1.82) is 0 Å². The monoisotopic (exact) mass is 167 g/mol. The zero-order valence-corrected chi connectivity index (χ0v) is 5.59. The van der Waals surface area contributed by atoms with E-state index in [1.165, 1.54) is 13.2 Å².